The summed E-state index contributed by atoms with van der Waals surface area (Å²) in [7, 11) is 0. The maximum absolute atomic E-state index is 9.43. The van der Waals surface area contributed by atoms with Gasteiger partial charge in [-0.3, -0.25) is 4.98 Å². The van der Waals surface area contributed by atoms with E-state index in [1.165, 1.54) is 0 Å². The van der Waals surface area contributed by atoms with Crippen LogP contribution in [0.1, 0.15) is 11.3 Å². The van der Waals surface area contributed by atoms with Crippen molar-refractivity contribution >= 4 is 0 Å². The Kier molecular flexibility index (Phi) is 5.68. The fraction of sp³-hybridized carbons (Fsp3) is 0.615. The van der Waals surface area contributed by atoms with Gasteiger partial charge in [-0.1, -0.05) is 0 Å². The molecule has 1 aliphatic heterocycles. The van der Waals surface area contributed by atoms with E-state index in [0.29, 0.717) is 6.54 Å². The van der Waals surface area contributed by atoms with Gasteiger partial charge in [-0.05, 0) is 17.7 Å². The minimum Gasteiger partial charge on any atom is -0.395 e. The SMILES string of the molecule is OCC1NCCNCc2cc(ccn2)CNC1CO. The summed E-state index contributed by atoms with van der Waals surface area (Å²) in [6.45, 7) is 2.91. The zero-order valence-corrected chi connectivity index (χ0v) is 11.0. The highest BCUT2D eigenvalue weighted by Gasteiger charge is 2.19. The summed E-state index contributed by atoms with van der Waals surface area (Å²) in [6.07, 6.45) is 1.80. The van der Waals surface area contributed by atoms with E-state index in [0.717, 1.165) is 30.9 Å². The number of nitrogens with zero attached hydrogens (tertiary/aromatic N) is 1. The van der Waals surface area contributed by atoms with Gasteiger partial charge in [0.25, 0.3) is 0 Å². The molecule has 0 saturated heterocycles. The molecule has 0 saturated carbocycles. The van der Waals surface area contributed by atoms with E-state index >= 15 is 0 Å². The standard InChI is InChI=1S/C13H22N4O2/c18-8-12-13(9-19)17-6-10-1-2-15-11(5-10)7-14-3-4-16-12/h1-2,5,12-14,16-19H,3-4,6-9H2. The summed E-state index contributed by atoms with van der Waals surface area (Å²) in [4.78, 5) is 4.31. The van der Waals surface area contributed by atoms with E-state index in [-0.39, 0.29) is 25.3 Å². The lowest BCUT2D eigenvalue weighted by Gasteiger charge is -2.27. The van der Waals surface area contributed by atoms with E-state index in [1.807, 2.05) is 6.07 Å². The number of fused-ring (bicyclic) bond motifs is 2. The molecule has 2 atom stereocenters. The Morgan fingerprint density at radius 3 is 2.68 bits per heavy atom. The second-order valence-corrected chi connectivity index (χ2v) is 4.75. The molecule has 2 heterocycles. The van der Waals surface area contributed by atoms with E-state index in [4.69, 9.17) is 0 Å². The Balaban J connectivity index is 2.09. The maximum atomic E-state index is 9.43. The van der Waals surface area contributed by atoms with Gasteiger partial charge < -0.3 is 26.2 Å². The van der Waals surface area contributed by atoms with Crippen LogP contribution in [0.15, 0.2) is 18.3 Å². The average Bonchev–Trinajstić information content (AvgIpc) is 2.44. The molecular formula is C13H22N4O2. The molecule has 1 aromatic heterocycles. The van der Waals surface area contributed by atoms with Crippen molar-refractivity contribution in [1.82, 2.24) is 20.9 Å². The third-order valence-corrected chi connectivity index (χ3v) is 3.34. The van der Waals surface area contributed by atoms with Crippen molar-refractivity contribution in [3.05, 3.63) is 29.6 Å². The number of pyridine rings is 1. The third kappa shape index (κ3) is 4.22. The molecule has 5 N–H and O–H groups in total. The normalized spacial score (nSPS) is 25.4. The molecule has 1 aromatic rings. The summed E-state index contributed by atoms with van der Waals surface area (Å²) in [5.41, 5.74) is 2.14. The van der Waals surface area contributed by atoms with Crippen molar-refractivity contribution in [2.24, 2.45) is 0 Å². The topological polar surface area (TPSA) is 89.4 Å². The summed E-state index contributed by atoms with van der Waals surface area (Å²) < 4.78 is 0. The lowest BCUT2D eigenvalue weighted by Crippen LogP contribution is -2.53. The van der Waals surface area contributed by atoms with E-state index in [1.54, 1.807) is 6.20 Å². The Morgan fingerprint density at radius 1 is 1.11 bits per heavy atom. The quantitative estimate of drug-likeness (QED) is 0.452. The van der Waals surface area contributed by atoms with Crippen molar-refractivity contribution in [2.75, 3.05) is 26.3 Å². The monoisotopic (exact) mass is 266 g/mol. The predicted molar refractivity (Wildman–Crippen MR) is 72.5 cm³/mol. The van der Waals surface area contributed by atoms with Crippen LogP contribution in [0.3, 0.4) is 0 Å². The first-order valence-corrected chi connectivity index (χ1v) is 6.66. The van der Waals surface area contributed by atoms with Gasteiger partial charge in [0, 0.05) is 44.5 Å². The highest BCUT2D eigenvalue weighted by molar-refractivity contribution is 5.16. The molecule has 19 heavy (non-hydrogen) atoms. The highest BCUT2D eigenvalue weighted by Crippen LogP contribution is 2.04. The zero-order chi connectivity index (χ0) is 13.5. The fourth-order valence-electron chi connectivity index (χ4n) is 2.21. The summed E-state index contributed by atoms with van der Waals surface area (Å²) >= 11 is 0. The Bertz CT molecular complexity index is 389. The van der Waals surface area contributed by atoms with E-state index < -0.39 is 0 Å². The smallest absolute Gasteiger partial charge is 0.0600 e. The molecule has 0 fully saturated rings. The summed E-state index contributed by atoms with van der Waals surface area (Å²) in [5.74, 6) is 0. The molecule has 2 unspecified atom stereocenters. The minimum absolute atomic E-state index is 0.000177. The number of aliphatic hydroxyl groups is 2. The van der Waals surface area contributed by atoms with Gasteiger partial charge >= 0.3 is 0 Å². The van der Waals surface area contributed by atoms with Crippen molar-refractivity contribution < 1.29 is 10.2 Å². The second-order valence-electron chi connectivity index (χ2n) is 4.75. The number of aliphatic hydroxyl groups excluding tert-OH is 2. The minimum atomic E-state index is -0.166. The average molecular weight is 266 g/mol. The zero-order valence-electron chi connectivity index (χ0n) is 11.0. The molecule has 6 heteroatoms. The first-order chi connectivity index (χ1) is 9.33. The number of hydrogen-bond donors (Lipinski definition) is 5. The van der Waals surface area contributed by atoms with Crippen LogP contribution in [-0.2, 0) is 13.1 Å². The van der Waals surface area contributed by atoms with Crippen LogP contribution in [0.4, 0.5) is 0 Å². The van der Waals surface area contributed by atoms with Gasteiger partial charge in [0.05, 0.1) is 18.9 Å². The molecule has 2 rings (SSSR count). The summed E-state index contributed by atoms with van der Waals surface area (Å²) in [6, 6.07) is 3.70. The highest BCUT2D eigenvalue weighted by atomic mass is 16.3. The molecule has 1 aliphatic rings. The van der Waals surface area contributed by atoms with Crippen LogP contribution in [0, 0.1) is 0 Å². The molecule has 2 bridgehead atoms. The van der Waals surface area contributed by atoms with Crippen molar-refractivity contribution in [3.8, 4) is 0 Å². The van der Waals surface area contributed by atoms with Gasteiger partial charge in [0.1, 0.15) is 0 Å². The predicted octanol–water partition coefficient (Wildman–Crippen LogP) is -1.41. The molecule has 0 spiro atoms. The van der Waals surface area contributed by atoms with Gasteiger partial charge in [0.2, 0.25) is 0 Å². The van der Waals surface area contributed by atoms with Crippen LogP contribution in [0.5, 0.6) is 0 Å². The maximum Gasteiger partial charge on any atom is 0.0600 e. The van der Waals surface area contributed by atoms with E-state index in [9.17, 15) is 10.2 Å². The molecule has 6 nitrogen and oxygen atoms in total. The van der Waals surface area contributed by atoms with Gasteiger partial charge in [-0.15, -0.1) is 0 Å². The molecular weight excluding hydrogens is 244 g/mol. The number of rotatable bonds is 2. The largest absolute Gasteiger partial charge is 0.395 e. The van der Waals surface area contributed by atoms with Crippen LogP contribution >= 0.6 is 0 Å². The number of hydrogen-bond acceptors (Lipinski definition) is 6. The van der Waals surface area contributed by atoms with Gasteiger partial charge in [-0.2, -0.15) is 0 Å². The Labute approximate surface area is 113 Å². The van der Waals surface area contributed by atoms with Crippen LogP contribution in [0.2, 0.25) is 0 Å². The van der Waals surface area contributed by atoms with Crippen LogP contribution in [0.25, 0.3) is 0 Å². The van der Waals surface area contributed by atoms with Crippen LogP contribution < -0.4 is 16.0 Å². The van der Waals surface area contributed by atoms with E-state index in [2.05, 4.69) is 27.0 Å². The number of aromatic nitrogens is 1. The third-order valence-electron chi connectivity index (χ3n) is 3.34. The molecule has 0 radical (unpaired) electrons. The Morgan fingerprint density at radius 2 is 1.89 bits per heavy atom. The van der Waals surface area contributed by atoms with Crippen molar-refractivity contribution in [1.29, 1.82) is 0 Å². The van der Waals surface area contributed by atoms with Gasteiger partial charge in [-0.25, -0.2) is 0 Å². The van der Waals surface area contributed by atoms with Crippen LogP contribution in [-0.4, -0.2) is 53.6 Å². The Hall–Kier alpha value is -1.05. The summed E-state index contributed by atoms with van der Waals surface area (Å²) in [5, 5.41) is 28.6. The molecule has 106 valence electrons. The lowest BCUT2D eigenvalue weighted by atomic mass is 10.1. The molecule has 0 amide bonds. The first-order valence-electron chi connectivity index (χ1n) is 6.66. The first kappa shape index (κ1) is 14.4. The second kappa shape index (κ2) is 7.52. The number of nitrogens with one attached hydrogen (secondary N) is 3. The molecule has 0 aliphatic carbocycles. The van der Waals surface area contributed by atoms with Crippen molar-refractivity contribution in [3.63, 3.8) is 0 Å². The lowest BCUT2D eigenvalue weighted by molar-refractivity contribution is 0.159. The molecule has 0 aromatic carbocycles. The van der Waals surface area contributed by atoms with Crippen molar-refractivity contribution in [2.45, 2.75) is 25.2 Å². The fourth-order valence-corrected chi connectivity index (χ4v) is 2.21. The van der Waals surface area contributed by atoms with Gasteiger partial charge in [0.15, 0.2) is 0 Å².